The van der Waals surface area contributed by atoms with Crippen molar-refractivity contribution in [1.29, 1.82) is 5.26 Å². The number of para-hydroxylation sites is 1. The van der Waals surface area contributed by atoms with Gasteiger partial charge in [0, 0.05) is 6.17 Å². The topological polar surface area (TPSA) is 41.6 Å². The van der Waals surface area contributed by atoms with E-state index in [-0.39, 0.29) is 28.1 Å². The Morgan fingerprint density at radius 1 is 1.43 bits per heavy atom. The van der Waals surface area contributed by atoms with Gasteiger partial charge in [0.25, 0.3) is 0 Å². The summed E-state index contributed by atoms with van der Waals surface area (Å²) in [7, 11) is 0. The van der Waals surface area contributed by atoms with Crippen molar-refractivity contribution in [3.63, 3.8) is 0 Å². The highest BCUT2D eigenvalue weighted by Gasteiger charge is 2.03. The molecule has 0 radical (unpaired) electrons. The lowest BCUT2D eigenvalue weighted by molar-refractivity contribution is 0.867. The van der Waals surface area contributed by atoms with Crippen LogP contribution in [-0.2, 0) is 0 Å². The van der Waals surface area contributed by atoms with Gasteiger partial charge in [0.15, 0.2) is 0 Å². The average Bonchev–Trinajstić information content (AvgIpc) is 2.67. The van der Waals surface area contributed by atoms with Crippen LogP contribution in [0.1, 0.15) is 13.8 Å². The molecule has 4 heteroatoms. The van der Waals surface area contributed by atoms with E-state index in [1.165, 1.54) is 0 Å². The van der Waals surface area contributed by atoms with Crippen LogP contribution in [0.4, 0.5) is 0 Å². The summed E-state index contributed by atoms with van der Waals surface area (Å²) in [5, 5.41) is 12.9. The summed E-state index contributed by atoms with van der Waals surface area (Å²) >= 11 is 2.97. The standard InChI is InChI=1S/C10H6BrN3/c11-10-5-6-14(13-10)9-4-2-1-3-8(9)7-12/h1-6H/i1D,2D,3D,4D,5D,6D. The molecular weight excluding hydrogens is 242 g/mol. The summed E-state index contributed by atoms with van der Waals surface area (Å²) in [6.45, 7) is 0. The first kappa shape index (κ1) is 4.28. The maximum atomic E-state index is 9.11. The first-order valence-electron chi connectivity index (χ1n) is 6.53. The maximum Gasteiger partial charge on any atom is 0.128 e. The molecule has 0 N–H and O–H groups in total. The van der Waals surface area contributed by atoms with Gasteiger partial charge in [-0.25, -0.2) is 4.68 Å². The Kier molecular flexibility index (Phi) is 1.11. The lowest BCUT2D eigenvalue weighted by atomic mass is 10.2. The largest absolute Gasteiger partial charge is 0.239 e. The highest BCUT2D eigenvalue weighted by atomic mass is 79.9. The van der Waals surface area contributed by atoms with Crippen molar-refractivity contribution < 1.29 is 8.22 Å². The Morgan fingerprint density at radius 2 is 2.21 bits per heavy atom. The first-order chi connectivity index (χ1) is 9.31. The summed E-state index contributed by atoms with van der Waals surface area (Å²) in [6, 6.07) is -0.574. The van der Waals surface area contributed by atoms with Gasteiger partial charge >= 0.3 is 0 Å². The summed E-state index contributed by atoms with van der Waals surface area (Å²) in [5.74, 6) is 0. The number of nitriles is 1. The maximum absolute atomic E-state index is 9.11. The summed E-state index contributed by atoms with van der Waals surface area (Å²) < 4.78 is 46.9. The average molecular weight is 254 g/mol. The van der Waals surface area contributed by atoms with Crippen molar-refractivity contribution in [3.05, 3.63) is 46.6 Å². The molecule has 0 aliphatic heterocycles. The molecule has 3 nitrogen and oxygen atoms in total. The molecule has 2 rings (SSSR count). The number of benzene rings is 1. The van der Waals surface area contributed by atoms with Gasteiger partial charge in [0.2, 0.25) is 0 Å². The van der Waals surface area contributed by atoms with E-state index in [0.717, 1.165) is 4.68 Å². The molecule has 0 aliphatic rings. The molecule has 0 unspecified atom stereocenters. The van der Waals surface area contributed by atoms with Crippen molar-refractivity contribution in [2.75, 3.05) is 0 Å². The number of nitrogens with zero attached hydrogens (tertiary/aromatic N) is 3. The fraction of sp³-hybridized carbons (Fsp3) is 0. The molecular formula is C10H6BrN3. The van der Waals surface area contributed by atoms with E-state index in [1.807, 2.05) is 0 Å². The highest BCUT2D eigenvalue weighted by molar-refractivity contribution is 9.10. The second-order valence-electron chi connectivity index (χ2n) is 2.27. The predicted molar refractivity (Wildman–Crippen MR) is 56.0 cm³/mol. The Bertz CT molecular complexity index is 764. The number of hydrogen-bond acceptors (Lipinski definition) is 2. The van der Waals surface area contributed by atoms with E-state index in [2.05, 4.69) is 21.0 Å². The molecule has 14 heavy (non-hydrogen) atoms. The van der Waals surface area contributed by atoms with Crippen LogP contribution in [0.25, 0.3) is 5.69 Å². The van der Waals surface area contributed by atoms with Gasteiger partial charge in [-0.15, -0.1) is 0 Å². The zero-order valence-corrected chi connectivity index (χ0v) is 8.31. The molecule has 0 spiro atoms. The second kappa shape index (κ2) is 3.64. The lowest BCUT2D eigenvalue weighted by Gasteiger charge is -2.01. The van der Waals surface area contributed by atoms with Gasteiger partial charge in [-0.3, -0.25) is 0 Å². The quantitative estimate of drug-likeness (QED) is 0.784. The van der Waals surface area contributed by atoms with Gasteiger partial charge < -0.3 is 0 Å². The Hall–Kier alpha value is -1.60. The van der Waals surface area contributed by atoms with Crippen molar-refractivity contribution in [2.45, 2.75) is 0 Å². The van der Waals surface area contributed by atoms with Crippen LogP contribution >= 0.6 is 15.9 Å². The number of halogens is 1. The van der Waals surface area contributed by atoms with Crippen molar-refractivity contribution in [2.24, 2.45) is 0 Å². The van der Waals surface area contributed by atoms with Crippen LogP contribution in [0.15, 0.2) is 41.0 Å². The zero-order valence-electron chi connectivity index (χ0n) is 12.7. The molecule has 0 amide bonds. The number of aromatic nitrogens is 2. The van der Waals surface area contributed by atoms with Crippen LogP contribution in [0.5, 0.6) is 0 Å². The predicted octanol–water partition coefficient (Wildman–Crippen LogP) is 2.51. The van der Waals surface area contributed by atoms with Crippen LogP contribution in [0.3, 0.4) is 0 Å². The summed E-state index contributed by atoms with van der Waals surface area (Å²) in [4.78, 5) is 0. The SMILES string of the molecule is [2H]c1c([2H])c([2H])c(-n2nc(Br)c([2H])c2[2H])c(C#N)c1[2H]. The highest BCUT2D eigenvalue weighted by Crippen LogP contribution is 2.14. The van der Waals surface area contributed by atoms with E-state index in [4.69, 9.17) is 13.5 Å². The molecule has 1 heterocycles. The summed E-state index contributed by atoms with van der Waals surface area (Å²) in [5.41, 5.74) is -0.554. The molecule has 0 atom stereocenters. The Morgan fingerprint density at radius 3 is 2.86 bits per heavy atom. The van der Waals surface area contributed by atoms with Gasteiger partial charge in [0.05, 0.1) is 19.5 Å². The third kappa shape index (κ3) is 1.54. The fourth-order valence-electron chi connectivity index (χ4n) is 0.888. The Labute approximate surface area is 98.2 Å². The van der Waals surface area contributed by atoms with Gasteiger partial charge in [-0.05, 0) is 34.1 Å². The first-order valence-corrected chi connectivity index (χ1v) is 4.33. The number of hydrogen-bond donors (Lipinski definition) is 0. The van der Waals surface area contributed by atoms with Crippen molar-refractivity contribution >= 4 is 15.9 Å². The van der Waals surface area contributed by atoms with E-state index in [0.29, 0.717) is 0 Å². The van der Waals surface area contributed by atoms with Crippen molar-refractivity contribution in [1.82, 2.24) is 9.78 Å². The van der Waals surface area contributed by atoms with Gasteiger partial charge in [-0.2, -0.15) is 10.4 Å². The minimum absolute atomic E-state index is 0.0544. The van der Waals surface area contributed by atoms with Crippen molar-refractivity contribution in [3.8, 4) is 11.8 Å². The molecule has 0 saturated heterocycles. The van der Waals surface area contributed by atoms with Gasteiger partial charge in [-0.1, -0.05) is 12.1 Å². The van der Waals surface area contributed by atoms with Crippen LogP contribution < -0.4 is 0 Å². The lowest BCUT2D eigenvalue weighted by Crippen LogP contribution is -1.97. The molecule has 1 aromatic carbocycles. The number of rotatable bonds is 1. The van der Waals surface area contributed by atoms with Crippen LogP contribution in [0.2, 0.25) is 0 Å². The normalized spacial score (nSPS) is 15.7. The van der Waals surface area contributed by atoms with Crippen LogP contribution in [-0.4, -0.2) is 9.78 Å². The molecule has 0 saturated carbocycles. The smallest absolute Gasteiger partial charge is 0.128 e. The minimum atomic E-state index is -0.529. The molecule has 0 aliphatic carbocycles. The molecule has 1 aromatic heterocycles. The zero-order chi connectivity index (χ0) is 15.2. The van der Waals surface area contributed by atoms with E-state index < -0.39 is 24.2 Å². The van der Waals surface area contributed by atoms with Gasteiger partial charge in [0.1, 0.15) is 10.7 Å². The molecule has 2 aromatic rings. The minimum Gasteiger partial charge on any atom is -0.239 e. The van der Waals surface area contributed by atoms with E-state index in [9.17, 15) is 0 Å². The molecule has 0 fully saturated rings. The third-order valence-electron chi connectivity index (χ3n) is 1.44. The monoisotopic (exact) mass is 253 g/mol. The fourth-order valence-corrected chi connectivity index (χ4v) is 1.14. The second-order valence-corrected chi connectivity index (χ2v) is 3.03. The van der Waals surface area contributed by atoms with E-state index in [1.54, 1.807) is 6.07 Å². The summed E-state index contributed by atoms with van der Waals surface area (Å²) in [6.07, 6.45) is -0.376. The molecule has 0 bridgehead atoms. The molecule has 68 valence electrons. The Balaban J connectivity index is 2.94. The van der Waals surface area contributed by atoms with E-state index >= 15 is 0 Å². The third-order valence-corrected chi connectivity index (χ3v) is 1.80. The van der Waals surface area contributed by atoms with Crippen LogP contribution in [0, 0.1) is 11.3 Å².